The quantitative estimate of drug-likeness (QED) is 0.557. The lowest BCUT2D eigenvalue weighted by Gasteiger charge is -2.43. The van der Waals surface area contributed by atoms with Gasteiger partial charge in [-0.15, -0.1) is 0 Å². The van der Waals surface area contributed by atoms with E-state index < -0.39 is 0 Å². The molecule has 2 aromatic carbocycles. The number of fused-ring (bicyclic) bond motifs is 1. The third-order valence-electron chi connectivity index (χ3n) is 6.38. The van der Waals surface area contributed by atoms with Crippen molar-refractivity contribution in [1.29, 1.82) is 0 Å². The number of pyridine rings is 1. The Hall–Kier alpha value is -2.15. The Labute approximate surface area is 144 Å². The van der Waals surface area contributed by atoms with E-state index in [0.717, 1.165) is 11.8 Å². The van der Waals surface area contributed by atoms with Crippen LogP contribution in [-0.4, -0.2) is 0 Å². The van der Waals surface area contributed by atoms with Crippen LogP contribution in [0.2, 0.25) is 0 Å². The Morgan fingerprint density at radius 1 is 0.958 bits per heavy atom. The first-order chi connectivity index (χ1) is 11.6. The maximum absolute atomic E-state index is 2.50. The number of nitrogens with zero attached hydrogens (tertiary/aromatic N) is 1. The minimum Gasteiger partial charge on any atom is -0.194 e. The van der Waals surface area contributed by atoms with Crippen LogP contribution in [0.3, 0.4) is 0 Å². The van der Waals surface area contributed by atoms with Gasteiger partial charge in [0, 0.05) is 23.1 Å². The molecule has 120 valence electrons. The molecular formula is C23H24N+. The molecular weight excluding hydrogens is 290 g/mol. The van der Waals surface area contributed by atoms with Gasteiger partial charge in [0.25, 0.3) is 0 Å². The van der Waals surface area contributed by atoms with E-state index in [1.165, 1.54) is 52.5 Å². The summed E-state index contributed by atoms with van der Waals surface area (Å²) in [6, 6.07) is 16.1. The molecule has 0 saturated heterocycles. The van der Waals surface area contributed by atoms with Crippen molar-refractivity contribution in [1.82, 2.24) is 0 Å². The highest BCUT2D eigenvalue weighted by molar-refractivity contribution is 5.81. The summed E-state index contributed by atoms with van der Waals surface area (Å²) in [5.41, 5.74) is 10.0. The lowest BCUT2D eigenvalue weighted by Crippen LogP contribution is -2.33. The van der Waals surface area contributed by atoms with Crippen LogP contribution in [0.25, 0.3) is 22.2 Å². The van der Waals surface area contributed by atoms with Crippen molar-refractivity contribution >= 4 is 10.9 Å². The molecule has 0 amide bonds. The summed E-state index contributed by atoms with van der Waals surface area (Å²) >= 11 is 0. The summed E-state index contributed by atoms with van der Waals surface area (Å²) in [4.78, 5) is 0. The number of benzene rings is 2. The standard InChI is InChI=1S/C23H24N/c1-14-5-4-6-22-19(14)7-8-23(24(22)3)20-13-21-17(9-15(20)2)10-16-11-18(21)12-16/h4-9,13,16,18H,10-12H2,1-3H3/q+1. The van der Waals surface area contributed by atoms with Gasteiger partial charge in [0.05, 0.1) is 0 Å². The molecule has 6 rings (SSSR count). The monoisotopic (exact) mass is 314 g/mol. The van der Waals surface area contributed by atoms with Gasteiger partial charge in [0.1, 0.15) is 7.05 Å². The maximum atomic E-state index is 2.50. The van der Waals surface area contributed by atoms with Crippen LogP contribution in [0.5, 0.6) is 0 Å². The molecule has 3 aliphatic carbocycles. The van der Waals surface area contributed by atoms with Gasteiger partial charge in [-0.05, 0) is 79.3 Å². The lowest BCUT2D eigenvalue weighted by molar-refractivity contribution is -0.633. The number of aryl methyl sites for hydroxylation is 3. The summed E-state index contributed by atoms with van der Waals surface area (Å²) in [6.07, 6.45) is 4.13. The Morgan fingerprint density at radius 3 is 2.62 bits per heavy atom. The van der Waals surface area contributed by atoms with Crippen LogP contribution in [-0.2, 0) is 13.5 Å². The summed E-state index contributed by atoms with van der Waals surface area (Å²) in [7, 11) is 2.20. The van der Waals surface area contributed by atoms with Gasteiger partial charge in [-0.3, -0.25) is 0 Å². The van der Waals surface area contributed by atoms with E-state index >= 15 is 0 Å². The van der Waals surface area contributed by atoms with Crippen molar-refractivity contribution in [3.05, 3.63) is 64.7 Å². The third-order valence-corrected chi connectivity index (χ3v) is 6.38. The maximum Gasteiger partial charge on any atom is 0.213 e. The normalized spacial score (nSPS) is 21.5. The lowest BCUT2D eigenvalue weighted by atomic mass is 9.62. The van der Waals surface area contributed by atoms with Gasteiger partial charge in [-0.2, -0.15) is 4.57 Å². The van der Waals surface area contributed by atoms with Crippen LogP contribution in [0.15, 0.2) is 42.5 Å². The van der Waals surface area contributed by atoms with Gasteiger partial charge >= 0.3 is 0 Å². The topological polar surface area (TPSA) is 3.88 Å². The zero-order valence-electron chi connectivity index (χ0n) is 14.8. The summed E-state index contributed by atoms with van der Waals surface area (Å²) in [5.74, 6) is 1.79. The molecule has 0 aliphatic heterocycles. The molecule has 0 spiro atoms. The van der Waals surface area contributed by atoms with Crippen LogP contribution in [0.4, 0.5) is 0 Å². The van der Waals surface area contributed by atoms with Crippen LogP contribution in [0, 0.1) is 19.8 Å². The first kappa shape index (κ1) is 14.2. The Morgan fingerprint density at radius 2 is 1.79 bits per heavy atom. The van der Waals surface area contributed by atoms with Crippen molar-refractivity contribution in [3.63, 3.8) is 0 Å². The molecule has 24 heavy (non-hydrogen) atoms. The molecule has 0 unspecified atom stereocenters. The Kier molecular flexibility index (Phi) is 2.92. The van der Waals surface area contributed by atoms with Crippen molar-refractivity contribution < 1.29 is 4.57 Å². The average Bonchev–Trinajstić information content (AvgIpc) is 2.54. The van der Waals surface area contributed by atoms with Gasteiger partial charge in [0.15, 0.2) is 0 Å². The molecule has 0 atom stereocenters. The van der Waals surface area contributed by atoms with E-state index in [0.29, 0.717) is 0 Å². The summed E-state index contributed by atoms with van der Waals surface area (Å²) < 4.78 is 2.36. The second-order valence-electron chi connectivity index (χ2n) is 7.89. The molecule has 0 N–H and O–H groups in total. The highest BCUT2D eigenvalue weighted by Crippen LogP contribution is 2.50. The van der Waals surface area contributed by atoms with Gasteiger partial charge < -0.3 is 0 Å². The highest BCUT2D eigenvalue weighted by Gasteiger charge is 2.37. The van der Waals surface area contributed by atoms with E-state index in [2.05, 4.69) is 67.9 Å². The zero-order chi connectivity index (χ0) is 16.4. The molecule has 0 radical (unpaired) electrons. The molecule has 2 bridgehead atoms. The van der Waals surface area contributed by atoms with E-state index in [1.54, 1.807) is 11.1 Å². The second kappa shape index (κ2) is 4.92. The van der Waals surface area contributed by atoms with E-state index in [-0.39, 0.29) is 0 Å². The fourth-order valence-corrected chi connectivity index (χ4v) is 4.93. The third kappa shape index (κ3) is 1.90. The first-order valence-corrected chi connectivity index (χ1v) is 9.14. The zero-order valence-corrected chi connectivity index (χ0v) is 14.8. The smallest absolute Gasteiger partial charge is 0.194 e. The van der Waals surface area contributed by atoms with Crippen LogP contribution in [0.1, 0.15) is 41.0 Å². The van der Waals surface area contributed by atoms with Crippen molar-refractivity contribution in [3.8, 4) is 11.3 Å². The molecule has 3 aromatic rings. The number of hydrogen-bond acceptors (Lipinski definition) is 0. The minimum absolute atomic E-state index is 0.825. The minimum atomic E-state index is 0.825. The fraction of sp³-hybridized carbons (Fsp3) is 0.348. The fourth-order valence-electron chi connectivity index (χ4n) is 4.93. The molecule has 1 heterocycles. The van der Waals surface area contributed by atoms with Gasteiger partial charge in [-0.1, -0.05) is 18.2 Å². The van der Waals surface area contributed by atoms with Crippen LogP contribution < -0.4 is 4.57 Å². The van der Waals surface area contributed by atoms with Gasteiger partial charge in [0.2, 0.25) is 11.2 Å². The highest BCUT2D eigenvalue weighted by atomic mass is 14.9. The van der Waals surface area contributed by atoms with Gasteiger partial charge in [-0.25, -0.2) is 0 Å². The molecule has 1 nitrogen and oxygen atoms in total. The van der Waals surface area contributed by atoms with Crippen LogP contribution >= 0.6 is 0 Å². The summed E-state index contributed by atoms with van der Waals surface area (Å²) in [5, 5.41) is 1.35. The summed E-state index contributed by atoms with van der Waals surface area (Å²) in [6.45, 7) is 4.47. The van der Waals surface area contributed by atoms with Crippen molar-refractivity contribution in [2.24, 2.45) is 13.0 Å². The molecule has 1 fully saturated rings. The van der Waals surface area contributed by atoms with Crippen molar-refractivity contribution in [2.75, 3.05) is 0 Å². The molecule has 3 aliphatic rings. The van der Waals surface area contributed by atoms with E-state index in [9.17, 15) is 0 Å². The largest absolute Gasteiger partial charge is 0.213 e. The average molecular weight is 314 g/mol. The van der Waals surface area contributed by atoms with Crippen molar-refractivity contribution in [2.45, 2.75) is 39.0 Å². The Balaban J connectivity index is 1.73. The predicted molar refractivity (Wildman–Crippen MR) is 99.2 cm³/mol. The SMILES string of the molecule is Cc1cc2c(cc1-c1ccc3c(C)cccc3[n+]1C)C1CC(C2)C1. The second-order valence-corrected chi connectivity index (χ2v) is 7.89. The number of rotatable bonds is 1. The molecule has 1 aromatic heterocycles. The molecule has 1 saturated carbocycles. The number of hydrogen-bond donors (Lipinski definition) is 0. The van der Waals surface area contributed by atoms with E-state index in [1.807, 2.05) is 0 Å². The Bertz CT molecular complexity index is 977. The first-order valence-electron chi connectivity index (χ1n) is 9.14. The molecule has 1 heteroatoms. The number of aromatic nitrogens is 1. The van der Waals surface area contributed by atoms with E-state index in [4.69, 9.17) is 0 Å². The predicted octanol–water partition coefficient (Wildman–Crippen LogP) is 5.00.